The molecule has 83 valence electrons. The Kier molecular flexibility index (Phi) is 2.68. The van der Waals surface area contributed by atoms with Gasteiger partial charge >= 0.3 is 0 Å². The van der Waals surface area contributed by atoms with E-state index in [1.807, 2.05) is 7.05 Å². The second-order valence-corrected chi connectivity index (χ2v) is 3.31. The second kappa shape index (κ2) is 4.14. The van der Waals surface area contributed by atoms with Gasteiger partial charge < -0.3 is 9.47 Å². The molecule has 16 heavy (non-hydrogen) atoms. The first-order valence-corrected chi connectivity index (χ1v) is 4.75. The molecule has 0 bridgehead atoms. The van der Waals surface area contributed by atoms with Gasteiger partial charge in [0.25, 0.3) is 0 Å². The van der Waals surface area contributed by atoms with Crippen LogP contribution >= 0.6 is 0 Å². The summed E-state index contributed by atoms with van der Waals surface area (Å²) in [6.07, 6.45) is 3.39. The lowest BCUT2D eigenvalue weighted by molar-refractivity contribution is 0.410. The van der Waals surface area contributed by atoms with Crippen molar-refractivity contribution in [3.05, 3.63) is 30.6 Å². The van der Waals surface area contributed by atoms with E-state index in [0.717, 1.165) is 0 Å². The molecule has 0 aliphatic heterocycles. The number of benzene rings is 1. The average molecular weight is 218 g/mol. The molecule has 1 heterocycles. The van der Waals surface area contributed by atoms with Crippen LogP contribution < -0.4 is 15.2 Å². The molecule has 0 unspecified atom stereocenters. The minimum absolute atomic E-state index is 0.334. The molecule has 0 aliphatic rings. The molecule has 0 aliphatic carbocycles. The summed E-state index contributed by atoms with van der Waals surface area (Å²) in [5.74, 6) is 1.77. The number of rotatable bonds is 3. The fourth-order valence-electron chi connectivity index (χ4n) is 1.32. The molecule has 1 N–H and O–H groups in total. The monoisotopic (exact) mass is 218 g/mol. The van der Waals surface area contributed by atoms with Gasteiger partial charge in [0.05, 0.1) is 25.2 Å². The molecule has 0 spiro atoms. The van der Waals surface area contributed by atoms with E-state index < -0.39 is 0 Å². The SMILES string of the molecule is COc1cc(Oc2cnn(C)c2)ccc1[NH]. The highest BCUT2D eigenvalue weighted by Crippen LogP contribution is 2.30. The van der Waals surface area contributed by atoms with Crippen molar-refractivity contribution in [2.75, 3.05) is 7.11 Å². The number of aryl methyl sites for hydroxylation is 1. The van der Waals surface area contributed by atoms with E-state index in [1.165, 1.54) is 7.11 Å². The van der Waals surface area contributed by atoms with Gasteiger partial charge in [-0.15, -0.1) is 0 Å². The molecule has 1 aromatic carbocycles. The van der Waals surface area contributed by atoms with Crippen molar-refractivity contribution < 1.29 is 9.47 Å². The van der Waals surface area contributed by atoms with E-state index in [4.69, 9.17) is 15.2 Å². The summed E-state index contributed by atoms with van der Waals surface area (Å²) in [7, 11) is 3.35. The van der Waals surface area contributed by atoms with Crippen molar-refractivity contribution in [1.82, 2.24) is 15.5 Å². The highest BCUT2D eigenvalue weighted by atomic mass is 16.5. The molecule has 2 aromatic rings. The predicted molar refractivity (Wildman–Crippen MR) is 59.0 cm³/mol. The minimum atomic E-state index is 0.334. The second-order valence-electron chi connectivity index (χ2n) is 3.31. The maximum absolute atomic E-state index is 7.55. The molecular formula is C11H12N3O2. The van der Waals surface area contributed by atoms with Crippen molar-refractivity contribution in [2.24, 2.45) is 7.05 Å². The van der Waals surface area contributed by atoms with Crippen LogP contribution in [0.2, 0.25) is 0 Å². The van der Waals surface area contributed by atoms with Crippen LogP contribution in [-0.2, 0) is 7.05 Å². The first-order valence-electron chi connectivity index (χ1n) is 4.75. The third kappa shape index (κ3) is 2.08. The molecule has 0 saturated carbocycles. The Morgan fingerprint density at radius 3 is 2.75 bits per heavy atom. The maximum atomic E-state index is 7.55. The minimum Gasteiger partial charge on any atom is -0.494 e. The van der Waals surface area contributed by atoms with Gasteiger partial charge in [-0.3, -0.25) is 10.4 Å². The van der Waals surface area contributed by atoms with Crippen LogP contribution in [0.15, 0.2) is 30.6 Å². The lowest BCUT2D eigenvalue weighted by atomic mass is 10.3. The summed E-state index contributed by atoms with van der Waals surface area (Å²) in [5.41, 5.74) is 7.89. The van der Waals surface area contributed by atoms with E-state index in [1.54, 1.807) is 35.3 Å². The fourth-order valence-corrected chi connectivity index (χ4v) is 1.32. The van der Waals surface area contributed by atoms with Gasteiger partial charge in [0.15, 0.2) is 5.75 Å². The predicted octanol–water partition coefficient (Wildman–Crippen LogP) is 2.14. The number of methoxy groups -OCH3 is 1. The summed E-state index contributed by atoms with van der Waals surface area (Å²) in [6.45, 7) is 0. The first-order chi connectivity index (χ1) is 7.69. The summed E-state index contributed by atoms with van der Waals surface area (Å²) in [4.78, 5) is 0. The van der Waals surface area contributed by atoms with Crippen LogP contribution in [0, 0.1) is 0 Å². The van der Waals surface area contributed by atoms with Crippen LogP contribution in [0.25, 0.3) is 0 Å². The van der Waals surface area contributed by atoms with Gasteiger partial charge in [-0.2, -0.15) is 5.10 Å². The van der Waals surface area contributed by atoms with Gasteiger partial charge in [0, 0.05) is 13.1 Å². The zero-order valence-corrected chi connectivity index (χ0v) is 9.10. The fraction of sp³-hybridized carbons (Fsp3) is 0.182. The number of nitrogens with zero attached hydrogens (tertiary/aromatic N) is 2. The Hall–Kier alpha value is -2.17. The Balaban J connectivity index is 2.21. The number of aromatic nitrogens is 2. The van der Waals surface area contributed by atoms with Crippen LogP contribution in [0.5, 0.6) is 17.2 Å². The highest BCUT2D eigenvalue weighted by Gasteiger charge is 2.04. The molecule has 1 radical (unpaired) electrons. The molecule has 0 amide bonds. The zero-order valence-electron chi connectivity index (χ0n) is 9.10. The van der Waals surface area contributed by atoms with Gasteiger partial charge in [-0.1, -0.05) is 0 Å². The summed E-state index contributed by atoms with van der Waals surface area (Å²) in [5, 5.41) is 4.00. The van der Waals surface area contributed by atoms with E-state index in [-0.39, 0.29) is 0 Å². The quantitative estimate of drug-likeness (QED) is 0.792. The van der Waals surface area contributed by atoms with Crippen LogP contribution in [0.3, 0.4) is 0 Å². The van der Waals surface area contributed by atoms with E-state index in [9.17, 15) is 0 Å². The third-order valence-corrected chi connectivity index (χ3v) is 2.09. The number of hydrogen-bond donors (Lipinski definition) is 0. The molecule has 1 aromatic heterocycles. The third-order valence-electron chi connectivity index (χ3n) is 2.09. The molecule has 5 nitrogen and oxygen atoms in total. The van der Waals surface area contributed by atoms with Crippen molar-refractivity contribution in [1.29, 1.82) is 0 Å². The van der Waals surface area contributed by atoms with Crippen molar-refractivity contribution in [2.45, 2.75) is 0 Å². The number of nitrogens with one attached hydrogen (secondary N) is 1. The smallest absolute Gasteiger partial charge is 0.165 e. The summed E-state index contributed by atoms with van der Waals surface area (Å²) in [6, 6.07) is 5.03. The Morgan fingerprint density at radius 2 is 2.12 bits per heavy atom. The molecule has 0 saturated heterocycles. The maximum Gasteiger partial charge on any atom is 0.165 e. The van der Waals surface area contributed by atoms with Crippen LogP contribution in [0.4, 0.5) is 5.69 Å². The first kappa shape index (κ1) is 10.4. The Labute approximate surface area is 93.4 Å². The summed E-state index contributed by atoms with van der Waals surface area (Å²) < 4.78 is 12.2. The topological polar surface area (TPSA) is 60.1 Å². The van der Waals surface area contributed by atoms with Crippen molar-refractivity contribution >= 4 is 5.69 Å². The van der Waals surface area contributed by atoms with Crippen LogP contribution in [0.1, 0.15) is 0 Å². The highest BCUT2D eigenvalue weighted by molar-refractivity contribution is 5.53. The van der Waals surface area contributed by atoms with Gasteiger partial charge in [0.1, 0.15) is 11.5 Å². The Morgan fingerprint density at radius 1 is 1.31 bits per heavy atom. The van der Waals surface area contributed by atoms with E-state index >= 15 is 0 Å². The van der Waals surface area contributed by atoms with E-state index in [2.05, 4.69) is 5.10 Å². The van der Waals surface area contributed by atoms with E-state index in [0.29, 0.717) is 22.9 Å². The summed E-state index contributed by atoms with van der Waals surface area (Å²) >= 11 is 0. The molecular weight excluding hydrogens is 206 g/mol. The van der Waals surface area contributed by atoms with Crippen molar-refractivity contribution in [3.63, 3.8) is 0 Å². The van der Waals surface area contributed by atoms with Gasteiger partial charge in [0.2, 0.25) is 0 Å². The largest absolute Gasteiger partial charge is 0.494 e. The zero-order chi connectivity index (χ0) is 11.5. The molecule has 5 heteroatoms. The molecule has 0 atom stereocenters. The standard InChI is InChI=1S/C11H12N3O2/c1-14-7-9(6-13-14)16-8-3-4-10(12)11(5-8)15-2/h3-7,12H,1-2H3. The number of hydrogen-bond acceptors (Lipinski definition) is 3. The Bertz CT molecular complexity index is 494. The number of ether oxygens (including phenoxy) is 2. The average Bonchev–Trinajstić information content (AvgIpc) is 2.67. The normalized spacial score (nSPS) is 10.1. The van der Waals surface area contributed by atoms with Gasteiger partial charge in [-0.05, 0) is 12.1 Å². The molecule has 0 fully saturated rings. The lowest BCUT2D eigenvalue weighted by Gasteiger charge is -2.06. The van der Waals surface area contributed by atoms with Gasteiger partial charge in [-0.25, -0.2) is 0 Å². The lowest BCUT2D eigenvalue weighted by Crippen LogP contribution is -1.88. The molecule has 2 rings (SSSR count). The van der Waals surface area contributed by atoms with Crippen molar-refractivity contribution in [3.8, 4) is 17.2 Å². The van der Waals surface area contributed by atoms with Crippen LogP contribution in [-0.4, -0.2) is 16.9 Å².